The highest BCUT2D eigenvalue weighted by Crippen LogP contribution is 2.35. The zero-order valence-corrected chi connectivity index (χ0v) is 54.3. The van der Waals surface area contributed by atoms with E-state index >= 15 is 0 Å². The first-order chi connectivity index (χ1) is 42.4. The second-order valence-corrected chi connectivity index (χ2v) is 25.3. The summed E-state index contributed by atoms with van der Waals surface area (Å²) in [6.45, 7) is 23.7. The first-order valence-electron chi connectivity index (χ1n) is 30.3. The fourth-order valence-corrected chi connectivity index (χ4v) is 11.4. The summed E-state index contributed by atoms with van der Waals surface area (Å²) in [5.41, 5.74) is 13.9. The van der Waals surface area contributed by atoms with Crippen LogP contribution in [0.1, 0.15) is 101 Å². The Kier molecular flexibility index (Phi) is 23.0. The molecule has 2 fully saturated rings. The number of nitrogen functional groups attached to an aromatic ring is 1. The predicted octanol–water partition coefficient (Wildman–Crippen LogP) is 10.5. The molecule has 10 rings (SSSR count). The molecule has 2 saturated heterocycles. The molecule has 25 heteroatoms. The van der Waals surface area contributed by atoms with Crippen LogP contribution in [0, 0.1) is 25.7 Å². The quantitative estimate of drug-likeness (QED) is 0.0572. The number of hydrogen-bond donors (Lipinski definition) is 2. The third-order valence-corrected chi connectivity index (χ3v) is 16.2. The molecule has 0 spiro atoms. The molecular weight excluding hydrogens is 1160 g/mol. The van der Waals surface area contributed by atoms with Gasteiger partial charge in [-0.1, -0.05) is 41.5 Å². The molecule has 0 aliphatic carbocycles. The Balaban J connectivity index is 0.000000192. The van der Waals surface area contributed by atoms with E-state index in [1.54, 1.807) is 67.8 Å². The number of methoxy groups -OCH3 is 2. The van der Waals surface area contributed by atoms with Crippen LogP contribution >= 0.6 is 11.6 Å². The molecular formula is C64H87ClF2N16O6. The van der Waals surface area contributed by atoms with Crippen molar-refractivity contribution in [3.8, 4) is 23.0 Å². The number of anilines is 3. The van der Waals surface area contributed by atoms with Gasteiger partial charge >= 0.3 is 0 Å². The van der Waals surface area contributed by atoms with E-state index in [9.17, 15) is 18.4 Å². The number of carbonyl (C=O) groups is 2. The number of likely N-dealkylation sites (tertiary alicyclic amines) is 2. The lowest BCUT2D eigenvalue weighted by atomic mass is 9.92. The number of hydrogen-bond acceptors (Lipinski definition) is 18. The van der Waals surface area contributed by atoms with Crippen molar-refractivity contribution in [3.05, 3.63) is 100 Å². The van der Waals surface area contributed by atoms with Crippen molar-refractivity contribution in [2.75, 3.05) is 91.1 Å². The van der Waals surface area contributed by atoms with Gasteiger partial charge in [0.15, 0.2) is 28.6 Å². The molecule has 10 heterocycles. The van der Waals surface area contributed by atoms with Gasteiger partial charge in [0.25, 0.3) is 0 Å². The Labute approximate surface area is 524 Å². The number of imidazole rings is 2. The molecule has 480 valence electrons. The Bertz CT molecular complexity index is 3680. The van der Waals surface area contributed by atoms with E-state index in [1.165, 1.54) is 5.69 Å². The van der Waals surface area contributed by atoms with Crippen LogP contribution in [-0.4, -0.2) is 160 Å². The molecule has 89 heavy (non-hydrogen) atoms. The second-order valence-electron chi connectivity index (χ2n) is 25.0. The maximum atomic E-state index is 12.9. The number of aromatic nitrogens is 12. The smallest absolute Gasteiger partial charge is 0.210 e. The van der Waals surface area contributed by atoms with Crippen molar-refractivity contribution in [2.24, 2.45) is 25.9 Å². The number of fused-ring (bicyclic) bond motifs is 2. The van der Waals surface area contributed by atoms with Gasteiger partial charge in [-0.15, -0.1) is 0 Å². The van der Waals surface area contributed by atoms with Gasteiger partial charge in [0.05, 0.1) is 48.0 Å². The summed E-state index contributed by atoms with van der Waals surface area (Å²) in [5.74, 6) is 5.39. The highest BCUT2D eigenvalue weighted by Gasteiger charge is 2.29. The van der Waals surface area contributed by atoms with Crippen molar-refractivity contribution < 1.29 is 37.3 Å². The number of ether oxygens (including phenoxy) is 4. The number of alkyl halides is 2. The van der Waals surface area contributed by atoms with E-state index in [1.807, 2.05) is 43.3 Å². The number of pyridine rings is 4. The molecule has 8 aromatic heterocycles. The monoisotopic (exact) mass is 1250 g/mol. The molecule has 3 N–H and O–H groups in total. The minimum Gasteiger partial charge on any atom is -0.455 e. The van der Waals surface area contributed by atoms with Gasteiger partial charge in [0, 0.05) is 163 Å². The third-order valence-electron chi connectivity index (χ3n) is 15.9. The molecule has 2 aliphatic heterocycles. The first kappa shape index (κ1) is 67.4. The standard InChI is InChI=1S/C32H43FN8O3.C18H19ClN4O3.C14H25FN4/c1-21-26(44-25-7-11-34-23(16-25)15-24(42)9-14-43-6)18-35-30-29(21)39(5)31(37-30)36-28-17-27(32(2,3)4)41(38-28)20-22-8-12-40(19-22)13-10-33;1-11-15(10-21-17-16(11)23(2)18(19)22-17)26-14-4-6-20-12(9-14)8-13(24)5-7-25-3;1-14(2,3)12-8-13(16)17-19(12)10-11-4-6-18(9-11)7-5-15/h7,11,16-18,22H,8-10,12-15,19-20H2,1-6H3,(H,35,36,37,38);4,6,9-10H,5,7-8H2,1-3H3;8,11H,4-7,9-10H2,1-3H3,(H2,16,17)/t22-;;11-/m1.0/s1. The molecule has 0 unspecified atom stereocenters. The van der Waals surface area contributed by atoms with Crippen LogP contribution in [0.15, 0.2) is 61.2 Å². The van der Waals surface area contributed by atoms with Crippen LogP contribution in [-0.2, 0) is 69.9 Å². The summed E-state index contributed by atoms with van der Waals surface area (Å²) in [4.78, 5) is 54.8. The SMILES string of the molecule is CC(C)(C)c1cc(N)nn1C[C@H]1CCN(CCF)C1.COCCC(=O)Cc1cc(Oc2cnc3nc(Cl)n(C)c3c2C)ccn1.COCCC(=O)Cc1cc(Oc2cnc3nc(Nc4cc(C(C)(C)C)n(C[C@@H]5CCN(CCF)C5)n4)n(C)c3c2C)ccn1. The largest absolute Gasteiger partial charge is 0.455 e. The molecule has 0 amide bonds. The molecule has 22 nitrogen and oxygen atoms in total. The molecule has 2 aliphatic rings. The lowest BCUT2D eigenvalue weighted by Gasteiger charge is -2.22. The number of rotatable bonds is 24. The number of aryl methyl sites for hydroxylation is 4. The summed E-state index contributed by atoms with van der Waals surface area (Å²) in [6, 6.07) is 11.1. The number of Topliss-reactive ketones (excluding diaryl/α,β-unsaturated/α-hetero) is 2. The average molecular weight is 1250 g/mol. The lowest BCUT2D eigenvalue weighted by Crippen LogP contribution is -2.26. The van der Waals surface area contributed by atoms with Gasteiger partial charge in [-0.2, -0.15) is 20.2 Å². The summed E-state index contributed by atoms with van der Waals surface area (Å²) in [5, 5.41) is 13.1. The Morgan fingerprint density at radius 1 is 0.674 bits per heavy atom. The van der Waals surface area contributed by atoms with E-state index in [-0.39, 0.29) is 48.6 Å². The number of halogens is 3. The molecule has 0 aromatic carbocycles. The minimum absolute atomic E-state index is 0.0435. The Morgan fingerprint density at radius 2 is 1.15 bits per heavy atom. The number of carbonyl (C=O) groups excluding carboxylic acids is 2. The van der Waals surface area contributed by atoms with E-state index in [0.29, 0.717) is 120 Å². The Hall–Kier alpha value is -7.51. The van der Waals surface area contributed by atoms with E-state index in [2.05, 4.69) is 97.4 Å². The summed E-state index contributed by atoms with van der Waals surface area (Å²) in [7, 11) is 6.91. The van der Waals surface area contributed by atoms with Crippen LogP contribution < -0.4 is 20.5 Å². The second kappa shape index (κ2) is 30.3. The molecule has 0 saturated carbocycles. The topological polar surface area (TPSA) is 238 Å². The Morgan fingerprint density at radius 3 is 1.63 bits per heavy atom. The van der Waals surface area contributed by atoms with Crippen molar-refractivity contribution >= 4 is 63.1 Å². The van der Waals surface area contributed by atoms with Crippen LogP contribution in [0.25, 0.3) is 22.3 Å². The van der Waals surface area contributed by atoms with Gasteiger partial charge < -0.3 is 48.9 Å². The van der Waals surface area contributed by atoms with Gasteiger partial charge in [-0.05, 0) is 75.3 Å². The maximum absolute atomic E-state index is 12.9. The number of nitrogens with zero attached hydrogens (tertiary/aromatic N) is 14. The van der Waals surface area contributed by atoms with E-state index in [0.717, 1.165) is 80.0 Å². The molecule has 8 aromatic rings. The summed E-state index contributed by atoms with van der Waals surface area (Å²) in [6.07, 6.45) is 9.87. The predicted molar refractivity (Wildman–Crippen MR) is 341 cm³/mol. The average Bonchev–Trinajstić information content (AvgIpc) is 1.75. The van der Waals surface area contributed by atoms with Crippen LogP contribution in [0.2, 0.25) is 5.28 Å². The van der Waals surface area contributed by atoms with Gasteiger partial charge in [-0.25, -0.2) is 18.7 Å². The number of nitrogens with two attached hydrogens (primary N) is 1. The van der Waals surface area contributed by atoms with Crippen LogP contribution in [0.3, 0.4) is 0 Å². The van der Waals surface area contributed by atoms with Gasteiger partial charge in [-0.3, -0.25) is 28.9 Å². The molecule has 0 bridgehead atoms. The van der Waals surface area contributed by atoms with Crippen molar-refractivity contribution in [1.82, 2.24) is 68.4 Å². The van der Waals surface area contributed by atoms with E-state index < -0.39 is 0 Å². The maximum Gasteiger partial charge on any atom is 0.210 e. The molecule has 2 atom stereocenters. The first-order valence-corrected chi connectivity index (χ1v) is 30.6. The number of ketones is 2. The van der Waals surface area contributed by atoms with Crippen LogP contribution in [0.5, 0.6) is 23.0 Å². The van der Waals surface area contributed by atoms with Crippen LogP contribution in [0.4, 0.5) is 26.4 Å². The summed E-state index contributed by atoms with van der Waals surface area (Å²) < 4.78 is 55.2. The zero-order valence-electron chi connectivity index (χ0n) is 53.6. The minimum atomic E-state index is -0.307. The zero-order chi connectivity index (χ0) is 64.2. The normalized spacial score (nSPS) is 15.5. The van der Waals surface area contributed by atoms with Crippen molar-refractivity contribution in [2.45, 2.75) is 118 Å². The van der Waals surface area contributed by atoms with Crippen molar-refractivity contribution in [3.63, 3.8) is 0 Å². The van der Waals surface area contributed by atoms with Crippen molar-refractivity contribution in [1.29, 1.82) is 0 Å². The fourth-order valence-electron chi connectivity index (χ4n) is 11.2. The lowest BCUT2D eigenvalue weighted by molar-refractivity contribution is -0.120. The van der Waals surface area contributed by atoms with Gasteiger partial charge in [0.2, 0.25) is 11.2 Å². The van der Waals surface area contributed by atoms with E-state index in [4.69, 9.17) is 46.4 Å². The highest BCUT2D eigenvalue weighted by atomic mass is 35.5. The van der Waals surface area contributed by atoms with Gasteiger partial charge in [0.1, 0.15) is 42.2 Å². The fraction of sp³-hybridized carbons (Fsp3) is 0.531. The number of nitrogens with one attached hydrogen (secondary N) is 1. The molecule has 0 radical (unpaired) electrons. The summed E-state index contributed by atoms with van der Waals surface area (Å²) >= 11 is 6.06. The third kappa shape index (κ3) is 17.9. The highest BCUT2D eigenvalue weighted by molar-refractivity contribution is 6.29.